The van der Waals surface area contributed by atoms with Gasteiger partial charge < -0.3 is 5.11 Å². The van der Waals surface area contributed by atoms with Crippen molar-refractivity contribution in [2.24, 2.45) is 5.92 Å². The van der Waals surface area contributed by atoms with E-state index in [9.17, 15) is 4.79 Å². The van der Waals surface area contributed by atoms with Crippen LogP contribution in [-0.2, 0) is 4.79 Å². The van der Waals surface area contributed by atoms with Crippen molar-refractivity contribution >= 4 is 5.97 Å². The van der Waals surface area contributed by atoms with Gasteiger partial charge in [-0.1, -0.05) is 12.2 Å². The van der Waals surface area contributed by atoms with Gasteiger partial charge in [0, 0.05) is 0 Å². The molecule has 0 aliphatic heterocycles. The number of carbonyl (C=O) groups is 1. The third-order valence-corrected chi connectivity index (χ3v) is 0.871. The Bertz CT molecular complexity index is 105. The molecule has 8 heavy (non-hydrogen) atoms. The number of carboxylic acid groups (broad SMARTS) is 1. The van der Waals surface area contributed by atoms with Crippen molar-refractivity contribution in [3.05, 3.63) is 12.2 Å². The molecule has 0 fully saturated rings. The predicted octanol–water partition coefficient (Wildman–Crippen LogP) is 1.28. The summed E-state index contributed by atoms with van der Waals surface area (Å²) in [4.78, 5) is 10.0. The first-order valence-corrected chi connectivity index (χ1v) is 2.54. The van der Waals surface area contributed by atoms with Crippen molar-refractivity contribution in [1.82, 2.24) is 0 Å². The monoisotopic (exact) mass is 114 g/mol. The Morgan fingerprint density at radius 3 is 2.38 bits per heavy atom. The van der Waals surface area contributed by atoms with E-state index in [1.807, 2.05) is 0 Å². The molecule has 0 aliphatic rings. The Morgan fingerprint density at radius 2 is 2.25 bits per heavy atom. The molecule has 0 aliphatic carbocycles. The van der Waals surface area contributed by atoms with Gasteiger partial charge in [-0.25, -0.2) is 0 Å². The van der Waals surface area contributed by atoms with Gasteiger partial charge in [0.05, 0.1) is 5.92 Å². The first-order chi connectivity index (χ1) is 3.68. The molecule has 46 valence electrons. The predicted molar refractivity (Wildman–Crippen MR) is 31.6 cm³/mol. The number of hydrogen-bond donors (Lipinski definition) is 1. The fraction of sp³-hybridized carbons (Fsp3) is 0.500. The molecule has 0 spiro atoms. The average Bonchev–Trinajstić information content (AvgIpc) is 1.67. The molecule has 0 rings (SSSR count). The van der Waals surface area contributed by atoms with Crippen LogP contribution in [0.5, 0.6) is 0 Å². The Balaban J connectivity index is 3.64. The topological polar surface area (TPSA) is 37.3 Å². The lowest BCUT2D eigenvalue weighted by Crippen LogP contribution is -2.05. The van der Waals surface area contributed by atoms with E-state index in [4.69, 9.17) is 5.11 Å². The van der Waals surface area contributed by atoms with Crippen LogP contribution in [0.15, 0.2) is 12.2 Å². The maximum Gasteiger partial charge on any atom is 0.310 e. The van der Waals surface area contributed by atoms with E-state index in [-0.39, 0.29) is 5.92 Å². The van der Waals surface area contributed by atoms with E-state index in [1.54, 1.807) is 26.0 Å². The maximum atomic E-state index is 10.0. The number of rotatable bonds is 2. The summed E-state index contributed by atoms with van der Waals surface area (Å²) < 4.78 is 0. The average molecular weight is 114 g/mol. The molecule has 0 aromatic carbocycles. The Labute approximate surface area is 48.8 Å². The SMILES string of the molecule is C/C=C\[C@@H](C)C(=O)O. The van der Waals surface area contributed by atoms with Crippen molar-refractivity contribution in [1.29, 1.82) is 0 Å². The van der Waals surface area contributed by atoms with Crippen LogP contribution in [0.3, 0.4) is 0 Å². The van der Waals surface area contributed by atoms with E-state index in [0.717, 1.165) is 0 Å². The zero-order chi connectivity index (χ0) is 6.57. The largest absolute Gasteiger partial charge is 0.481 e. The van der Waals surface area contributed by atoms with E-state index in [0.29, 0.717) is 0 Å². The van der Waals surface area contributed by atoms with Crippen LogP contribution in [0.25, 0.3) is 0 Å². The fourth-order valence-corrected chi connectivity index (χ4v) is 0.371. The van der Waals surface area contributed by atoms with Gasteiger partial charge in [0.1, 0.15) is 0 Å². The zero-order valence-corrected chi connectivity index (χ0v) is 5.09. The lowest BCUT2D eigenvalue weighted by molar-refractivity contribution is -0.139. The molecule has 2 nitrogen and oxygen atoms in total. The zero-order valence-electron chi connectivity index (χ0n) is 5.09. The van der Waals surface area contributed by atoms with Crippen LogP contribution in [-0.4, -0.2) is 11.1 Å². The molecule has 0 radical (unpaired) electrons. The highest BCUT2D eigenvalue weighted by Gasteiger charge is 2.03. The molecule has 0 amide bonds. The van der Waals surface area contributed by atoms with Gasteiger partial charge in [0.2, 0.25) is 0 Å². The lowest BCUT2D eigenvalue weighted by atomic mass is 10.2. The summed E-state index contributed by atoms with van der Waals surface area (Å²) in [7, 11) is 0. The number of hydrogen-bond acceptors (Lipinski definition) is 1. The highest BCUT2D eigenvalue weighted by molar-refractivity contribution is 5.71. The van der Waals surface area contributed by atoms with E-state index in [2.05, 4.69) is 0 Å². The first kappa shape index (κ1) is 7.21. The van der Waals surface area contributed by atoms with Gasteiger partial charge in [0.25, 0.3) is 0 Å². The molecule has 0 aromatic heterocycles. The van der Waals surface area contributed by atoms with Gasteiger partial charge in [0.15, 0.2) is 0 Å². The molecular weight excluding hydrogens is 104 g/mol. The lowest BCUT2D eigenvalue weighted by Gasteiger charge is -1.93. The number of aliphatic carboxylic acids is 1. The number of carboxylic acids is 1. The second-order valence-electron chi connectivity index (χ2n) is 1.65. The molecule has 0 bridgehead atoms. The van der Waals surface area contributed by atoms with Crippen LogP contribution in [0, 0.1) is 5.92 Å². The first-order valence-electron chi connectivity index (χ1n) is 2.54. The van der Waals surface area contributed by atoms with Crippen molar-refractivity contribution in [2.45, 2.75) is 13.8 Å². The van der Waals surface area contributed by atoms with Crippen molar-refractivity contribution in [2.75, 3.05) is 0 Å². The maximum absolute atomic E-state index is 10.0. The number of allylic oxidation sites excluding steroid dienone is 1. The molecule has 2 heteroatoms. The summed E-state index contributed by atoms with van der Waals surface area (Å²) >= 11 is 0. The van der Waals surface area contributed by atoms with Crippen molar-refractivity contribution < 1.29 is 9.90 Å². The second-order valence-corrected chi connectivity index (χ2v) is 1.65. The standard InChI is InChI=1S/C6H10O2/c1-3-4-5(2)6(7)8/h3-5H,1-2H3,(H,7,8)/b4-3-/t5-/m1/s1. The van der Waals surface area contributed by atoms with Gasteiger partial charge >= 0.3 is 5.97 Å². The van der Waals surface area contributed by atoms with Crippen LogP contribution in [0.1, 0.15) is 13.8 Å². The summed E-state index contributed by atoms with van der Waals surface area (Å²) in [5.41, 5.74) is 0. The van der Waals surface area contributed by atoms with E-state index < -0.39 is 5.97 Å². The summed E-state index contributed by atoms with van der Waals surface area (Å²) in [5, 5.41) is 8.26. The molecule has 0 heterocycles. The van der Waals surface area contributed by atoms with Crippen LogP contribution in [0.4, 0.5) is 0 Å². The summed E-state index contributed by atoms with van der Waals surface area (Å²) in [6, 6.07) is 0. The van der Waals surface area contributed by atoms with Gasteiger partial charge in [-0.3, -0.25) is 4.79 Å². The minimum absolute atomic E-state index is 0.347. The van der Waals surface area contributed by atoms with Crippen molar-refractivity contribution in [3.63, 3.8) is 0 Å². The van der Waals surface area contributed by atoms with Gasteiger partial charge in [-0.2, -0.15) is 0 Å². The smallest absolute Gasteiger partial charge is 0.310 e. The molecule has 0 saturated heterocycles. The highest BCUT2D eigenvalue weighted by atomic mass is 16.4. The van der Waals surface area contributed by atoms with Crippen LogP contribution < -0.4 is 0 Å². The fourth-order valence-electron chi connectivity index (χ4n) is 0.371. The minimum Gasteiger partial charge on any atom is -0.481 e. The van der Waals surface area contributed by atoms with Crippen LogP contribution >= 0.6 is 0 Å². The minimum atomic E-state index is -0.775. The quantitative estimate of drug-likeness (QED) is 0.549. The Kier molecular flexibility index (Phi) is 2.92. The van der Waals surface area contributed by atoms with Gasteiger partial charge in [-0.15, -0.1) is 0 Å². The molecule has 1 N–H and O–H groups in total. The third-order valence-electron chi connectivity index (χ3n) is 0.871. The molecule has 0 saturated carbocycles. The molecule has 1 atom stereocenters. The summed E-state index contributed by atoms with van der Waals surface area (Å²) in [6.45, 7) is 3.45. The molecule has 0 unspecified atom stereocenters. The molecule has 0 aromatic rings. The molecular formula is C6H10O2. The Morgan fingerprint density at radius 1 is 1.75 bits per heavy atom. The Hall–Kier alpha value is -0.790. The summed E-state index contributed by atoms with van der Waals surface area (Å²) in [5.74, 6) is -1.12. The highest BCUT2D eigenvalue weighted by Crippen LogP contribution is 1.94. The third kappa shape index (κ3) is 2.39. The normalized spacial score (nSPS) is 14.2. The van der Waals surface area contributed by atoms with Gasteiger partial charge in [-0.05, 0) is 13.8 Å². The van der Waals surface area contributed by atoms with Crippen molar-refractivity contribution in [3.8, 4) is 0 Å². The second kappa shape index (κ2) is 3.24. The van der Waals surface area contributed by atoms with E-state index in [1.165, 1.54) is 0 Å². The van der Waals surface area contributed by atoms with Crippen LogP contribution in [0.2, 0.25) is 0 Å². The van der Waals surface area contributed by atoms with E-state index >= 15 is 0 Å². The summed E-state index contributed by atoms with van der Waals surface area (Å²) in [6.07, 6.45) is 3.38.